The molecule has 0 amide bonds. The molecule has 130 heavy (non-hydrogen) atoms. The summed E-state index contributed by atoms with van der Waals surface area (Å²) in [6, 6.07) is 94.6. The molecule has 27 aromatic rings. The zero-order valence-electron chi connectivity index (χ0n) is 93.3. The molecule has 0 aliphatic heterocycles. The van der Waals surface area contributed by atoms with Gasteiger partial charge in [-0.25, -0.2) is 0 Å². The van der Waals surface area contributed by atoms with Crippen molar-refractivity contribution in [3.63, 3.8) is 0 Å². The van der Waals surface area contributed by atoms with E-state index in [9.17, 15) is 2.74 Å². The highest BCUT2D eigenvalue weighted by Gasteiger charge is 2.25. The Kier molecular flexibility index (Phi) is 13.2. The van der Waals surface area contributed by atoms with Crippen LogP contribution in [0.15, 0.2) is 480 Å². The zero-order chi connectivity index (χ0) is 107. The van der Waals surface area contributed by atoms with Gasteiger partial charge in [0.1, 0.15) is 33.5 Å². The van der Waals surface area contributed by atoms with Crippen molar-refractivity contribution in [2.45, 2.75) is 6.92 Å². The Bertz CT molecular complexity index is 10500. The molecule has 0 unspecified atom stereocenters. The van der Waals surface area contributed by atoms with Crippen LogP contribution in [0.25, 0.3) is 263 Å². The van der Waals surface area contributed by atoms with Crippen molar-refractivity contribution in [3.05, 3.63) is 472 Å². The van der Waals surface area contributed by atoms with Gasteiger partial charge in [0.25, 0.3) is 0 Å². The van der Waals surface area contributed by atoms with Crippen LogP contribution in [0.5, 0.6) is 0 Å². The molecule has 0 radical (unpaired) electrons. The van der Waals surface area contributed by atoms with E-state index in [1.165, 1.54) is 0 Å². The largest absolute Gasteiger partial charge is 0.456 e. The molecule has 3 heterocycles. The van der Waals surface area contributed by atoms with Gasteiger partial charge in [-0.2, -0.15) is 0 Å². The van der Waals surface area contributed by atoms with Crippen molar-refractivity contribution in [2.24, 2.45) is 0 Å². The molecule has 27 rings (SSSR count). The lowest BCUT2D eigenvalue weighted by molar-refractivity contribution is 0.666. The summed E-state index contributed by atoms with van der Waals surface area (Å²) in [7, 11) is 0. The molecule has 3 heteroatoms. The SMILES string of the molecule is [2H]c1c([2H])c([2H])c2c(-c3ccc(-c4ccc(-c5ccc6oc7cc8ccccc8cc7c6c5)cc4)cc3)c3c([2H])c([2H])c([2H])c([2H])c3c(-c3ccccc3)c2c1[2H].[2H]c1c([2H])c([2H])c2c(-c3ccc4oc5c(-c6ccccc6)c6ccccc6cc5c4c3)c3c([2H])c([2H])c([2H])c([2H])c3c(-c3ccccc3)c2c1[2H].[2H]c1c([2H])c([2H])c2c(-c3ccc4oc5c(C)c6ccccc6cc5c4c3)c3c([2H])c([2H])c([2H])c([2H])c3c(-c3ccccc3)c2c1[2H]. The van der Waals surface area contributed by atoms with E-state index < -0.39 is 72.5 Å². The van der Waals surface area contributed by atoms with Crippen LogP contribution >= 0.6 is 0 Å². The van der Waals surface area contributed by atoms with E-state index in [2.05, 4.69) is 91.0 Å². The average molecular weight is 1680 g/mol. The summed E-state index contributed by atoms with van der Waals surface area (Å²) in [5, 5.41) is 14.2. The smallest absolute Gasteiger partial charge is 0.143 e. The van der Waals surface area contributed by atoms with Gasteiger partial charge in [0.2, 0.25) is 0 Å². The molecule has 0 bridgehead atoms. The molecule has 606 valence electrons. The maximum absolute atomic E-state index is 9.25. The van der Waals surface area contributed by atoms with Crippen LogP contribution in [0.1, 0.15) is 38.5 Å². The van der Waals surface area contributed by atoms with Crippen molar-refractivity contribution >= 4 is 163 Å². The Balaban J connectivity index is 0.000000119. The molecule has 0 atom stereocenters. The lowest BCUT2D eigenvalue weighted by atomic mass is 9.85. The van der Waals surface area contributed by atoms with Gasteiger partial charge in [0.05, 0.1) is 32.9 Å². The molecule has 24 aromatic carbocycles. The van der Waals surface area contributed by atoms with E-state index in [1.54, 1.807) is 84.9 Å². The van der Waals surface area contributed by atoms with Crippen LogP contribution in [-0.2, 0) is 0 Å². The molecule has 0 fully saturated rings. The minimum Gasteiger partial charge on any atom is -0.456 e. The fourth-order valence-corrected chi connectivity index (χ4v) is 19.3. The van der Waals surface area contributed by atoms with Crippen LogP contribution in [0.4, 0.5) is 0 Å². The fraction of sp³-hybridized carbons (Fsp3) is 0.00787. The maximum Gasteiger partial charge on any atom is 0.143 e. The fourth-order valence-electron chi connectivity index (χ4n) is 19.3. The molecule has 3 nitrogen and oxygen atoms in total. The molecule has 0 saturated carbocycles. The van der Waals surface area contributed by atoms with Crippen LogP contribution < -0.4 is 0 Å². The van der Waals surface area contributed by atoms with E-state index in [-0.39, 0.29) is 137 Å². The second-order valence-corrected chi connectivity index (χ2v) is 32.5. The van der Waals surface area contributed by atoms with Gasteiger partial charge in [-0.3, -0.25) is 0 Å². The summed E-state index contributed by atoms with van der Waals surface area (Å²) >= 11 is 0. The highest BCUT2D eigenvalue weighted by molar-refractivity contribution is 6.27. The molecule has 0 aliphatic rings. The first-order valence-electron chi connectivity index (χ1n) is 54.8. The summed E-state index contributed by atoms with van der Waals surface area (Å²) < 4.78 is 233. The lowest BCUT2D eigenvalue weighted by Crippen LogP contribution is -1.90. The van der Waals surface area contributed by atoms with Crippen LogP contribution in [0.2, 0.25) is 0 Å². The summed E-state index contributed by atoms with van der Waals surface area (Å²) in [5.74, 6) is 0. The van der Waals surface area contributed by atoms with Crippen molar-refractivity contribution in [3.8, 4) is 100 Å². The Morgan fingerprint density at radius 1 is 0.154 bits per heavy atom. The number of rotatable bonds is 9. The monoisotopic (exact) mass is 1680 g/mol. The summed E-state index contributed by atoms with van der Waals surface area (Å²) in [4.78, 5) is 0. The highest BCUT2D eigenvalue weighted by Crippen LogP contribution is 2.51. The van der Waals surface area contributed by atoms with E-state index in [1.807, 2.05) is 153 Å². The topological polar surface area (TPSA) is 39.4 Å². The van der Waals surface area contributed by atoms with Gasteiger partial charge in [0, 0.05) is 43.4 Å². The molecular weight excluding hydrogens is 1570 g/mol. The number of hydrogen-bond acceptors (Lipinski definition) is 3. The Morgan fingerprint density at radius 3 is 0.800 bits per heavy atom. The first kappa shape index (κ1) is 54.7. The molecule has 0 aliphatic carbocycles. The van der Waals surface area contributed by atoms with Gasteiger partial charge in [-0.15, -0.1) is 0 Å². The molecular formula is C127H80O3. The third-order valence-electron chi connectivity index (χ3n) is 25.2. The summed E-state index contributed by atoms with van der Waals surface area (Å²) in [6.07, 6.45) is 0. The maximum atomic E-state index is 9.25. The normalized spacial score (nSPS) is 14.3. The number of hydrogen-bond donors (Lipinski definition) is 0. The Hall–Kier alpha value is -17.0. The predicted molar refractivity (Wildman–Crippen MR) is 552 cm³/mol. The Labute approximate surface area is 784 Å². The zero-order valence-corrected chi connectivity index (χ0v) is 69.3. The quantitative estimate of drug-likeness (QED) is 0.135. The summed E-state index contributed by atoms with van der Waals surface area (Å²) in [5.41, 5.74) is 16.6. The van der Waals surface area contributed by atoms with Crippen molar-refractivity contribution in [1.29, 1.82) is 0 Å². The first-order chi connectivity index (χ1) is 74.4. The number of benzene rings is 24. The molecule has 0 N–H and O–H groups in total. The van der Waals surface area contributed by atoms with Gasteiger partial charge >= 0.3 is 0 Å². The third kappa shape index (κ3) is 12.7. The lowest BCUT2D eigenvalue weighted by Gasteiger charge is -2.18. The van der Waals surface area contributed by atoms with E-state index in [4.69, 9.17) is 43.4 Å². The first-order valence-corrected chi connectivity index (χ1v) is 42.8. The van der Waals surface area contributed by atoms with Crippen LogP contribution in [0.3, 0.4) is 0 Å². The second-order valence-electron chi connectivity index (χ2n) is 32.5. The molecule has 0 spiro atoms. The minimum absolute atomic E-state index is 0.181. The van der Waals surface area contributed by atoms with Gasteiger partial charge in [-0.1, -0.05) is 406 Å². The van der Waals surface area contributed by atoms with E-state index in [0.717, 1.165) is 120 Å². The standard InChI is InChI=1S/C48H30O.C42H26O.C37H24O/c1-2-10-34(11-3-1)47-39-14-6-8-16-41(39)48(42-17-9-7-15-40(42)47)35-24-22-32(23-25-35)31-18-20-33(21-19-31)38-26-27-45-43(29-38)44-28-36-12-4-5-13-37(36)30-46(44)49-45;1-3-13-27(14-4-1)39-32-19-9-11-21-34(32)40(35-22-12-10-20-33(35)39)30-23-24-38-36(26-30)37-25-29-17-7-8-18-31(29)41(42(37)43-38)28-15-5-2-6-16-28;1-23-27-14-6-5-13-25(27)21-33-32-22-26(19-20-34(32)38-37(23)33)36-30-17-9-7-15-28(30)35(24-11-3-2-4-12-24)29-16-8-10-18-31(29)36/h1-30H;1-26H;2-22H,1H3/i6D,7D,8D,9D,14D,15D,16D,17D;9D,10D,11D,12D,19D,20D,21D,22D;7D,8D,9D,10D,15D,16D,17D,18D. The number of furan rings is 3. The van der Waals surface area contributed by atoms with Gasteiger partial charge in [-0.05, 0) is 259 Å². The van der Waals surface area contributed by atoms with E-state index in [0.29, 0.717) is 83.5 Å². The van der Waals surface area contributed by atoms with Gasteiger partial charge in [0.15, 0.2) is 0 Å². The number of aryl methyl sites for hydroxylation is 1. The second kappa shape index (κ2) is 31.3. The highest BCUT2D eigenvalue weighted by atomic mass is 16.3. The van der Waals surface area contributed by atoms with Crippen molar-refractivity contribution in [1.82, 2.24) is 0 Å². The van der Waals surface area contributed by atoms with Crippen LogP contribution in [-0.4, -0.2) is 0 Å². The molecule has 3 aromatic heterocycles. The minimum atomic E-state index is -0.429. The third-order valence-corrected chi connectivity index (χ3v) is 25.2. The summed E-state index contributed by atoms with van der Waals surface area (Å²) in [6.45, 7) is 2.02. The van der Waals surface area contributed by atoms with Crippen LogP contribution in [0, 0.1) is 6.92 Å². The van der Waals surface area contributed by atoms with Crippen molar-refractivity contribution < 1.29 is 46.1 Å². The van der Waals surface area contributed by atoms with E-state index >= 15 is 0 Å². The van der Waals surface area contributed by atoms with Gasteiger partial charge < -0.3 is 13.3 Å². The predicted octanol–water partition coefficient (Wildman–Crippen LogP) is 36.4. The molecule has 0 saturated heterocycles. The average Bonchev–Trinajstić information content (AvgIpc) is 0.786. The Morgan fingerprint density at radius 2 is 0.400 bits per heavy atom. The van der Waals surface area contributed by atoms with Crippen molar-refractivity contribution in [2.75, 3.05) is 0 Å². The number of fused-ring (bicyclic) bond motifs is 18.